The zero-order valence-electron chi connectivity index (χ0n) is 6.75. The second-order valence-corrected chi connectivity index (χ2v) is 3.65. The average molecular weight is 242 g/mol. The van der Waals surface area contributed by atoms with Crippen LogP contribution in [0, 0.1) is 0 Å². The lowest BCUT2D eigenvalue weighted by molar-refractivity contribution is 0.154. The van der Waals surface area contributed by atoms with E-state index in [1.165, 1.54) is 0 Å². The third-order valence-electron chi connectivity index (χ3n) is 1.78. The molecule has 4 heteroatoms. The Morgan fingerprint density at radius 1 is 1.38 bits per heavy atom. The maximum Gasteiger partial charge on any atom is 0.134 e. The van der Waals surface area contributed by atoms with Crippen molar-refractivity contribution in [2.45, 2.75) is 6.54 Å². The summed E-state index contributed by atoms with van der Waals surface area (Å²) < 4.78 is 6.44. The third-order valence-corrected chi connectivity index (χ3v) is 2.28. The molecule has 2 N–H and O–H groups in total. The monoisotopic (exact) mass is 241 g/mol. The predicted molar refractivity (Wildman–Crippen MR) is 52.5 cm³/mol. The highest BCUT2D eigenvalue weighted by Crippen LogP contribution is 2.22. The number of hydrogen-bond acceptors (Lipinski definition) is 3. The van der Waals surface area contributed by atoms with Crippen molar-refractivity contribution in [1.82, 2.24) is 5.48 Å². The summed E-state index contributed by atoms with van der Waals surface area (Å²) in [5, 5.41) is 9.51. The van der Waals surface area contributed by atoms with E-state index in [9.17, 15) is 0 Å². The minimum Gasteiger partial charge on any atom is -0.460 e. The van der Waals surface area contributed by atoms with Gasteiger partial charge in [-0.05, 0) is 24.3 Å². The number of nitrogens with one attached hydrogen (secondary N) is 1. The van der Waals surface area contributed by atoms with Crippen LogP contribution in [-0.2, 0) is 6.54 Å². The largest absolute Gasteiger partial charge is 0.460 e. The van der Waals surface area contributed by atoms with Crippen LogP contribution in [0.15, 0.2) is 33.2 Å². The normalized spacial score (nSPS) is 10.9. The number of hydroxylamine groups is 1. The number of benzene rings is 1. The minimum absolute atomic E-state index is 0.326. The molecule has 0 saturated carbocycles. The molecule has 0 atom stereocenters. The van der Waals surface area contributed by atoms with Crippen molar-refractivity contribution < 1.29 is 9.62 Å². The van der Waals surface area contributed by atoms with E-state index in [-0.39, 0.29) is 0 Å². The van der Waals surface area contributed by atoms with E-state index in [4.69, 9.17) is 9.62 Å². The zero-order valence-corrected chi connectivity index (χ0v) is 8.34. The Bertz CT molecular complexity index is 424. The first-order chi connectivity index (χ1) is 6.29. The molecule has 0 aliphatic carbocycles. The van der Waals surface area contributed by atoms with E-state index in [0.717, 1.165) is 21.2 Å². The van der Waals surface area contributed by atoms with Crippen molar-refractivity contribution in [2.75, 3.05) is 0 Å². The van der Waals surface area contributed by atoms with Gasteiger partial charge in [0.2, 0.25) is 0 Å². The number of fused-ring (bicyclic) bond motifs is 1. The maximum atomic E-state index is 8.48. The molecule has 0 spiro atoms. The van der Waals surface area contributed by atoms with E-state index in [2.05, 4.69) is 21.4 Å². The molecule has 0 aliphatic rings. The highest BCUT2D eigenvalue weighted by atomic mass is 79.9. The quantitative estimate of drug-likeness (QED) is 0.795. The lowest BCUT2D eigenvalue weighted by Gasteiger charge is -1.89. The van der Waals surface area contributed by atoms with E-state index >= 15 is 0 Å². The number of rotatable bonds is 2. The van der Waals surface area contributed by atoms with Crippen molar-refractivity contribution in [3.63, 3.8) is 0 Å². The van der Waals surface area contributed by atoms with Crippen LogP contribution in [0.25, 0.3) is 11.0 Å². The average Bonchev–Trinajstić information content (AvgIpc) is 2.46. The molecule has 1 aromatic carbocycles. The summed E-state index contributed by atoms with van der Waals surface area (Å²) in [6, 6.07) is 7.67. The summed E-state index contributed by atoms with van der Waals surface area (Å²) in [5.74, 6) is 0.718. The van der Waals surface area contributed by atoms with Gasteiger partial charge in [0.1, 0.15) is 11.3 Å². The molecule has 0 fully saturated rings. The van der Waals surface area contributed by atoms with Crippen LogP contribution >= 0.6 is 15.9 Å². The first-order valence-corrected chi connectivity index (χ1v) is 4.64. The van der Waals surface area contributed by atoms with Crippen LogP contribution < -0.4 is 5.48 Å². The Morgan fingerprint density at radius 2 is 2.23 bits per heavy atom. The molecule has 3 nitrogen and oxygen atoms in total. The molecule has 0 radical (unpaired) electrons. The second-order valence-electron chi connectivity index (χ2n) is 2.73. The van der Waals surface area contributed by atoms with Crippen LogP contribution in [-0.4, -0.2) is 5.21 Å². The molecular weight excluding hydrogens is 234 g/mol. The van der Waals surface area contributed by atoms with Crippen LogP contribution in [0.5, 0.6) is 0 Å². The zero-order chi connectivity index (χ0) is 9.26. The Hall–Kier alpha value is -0.840. The minimum atomic E-state index is 0.326. The van der Waals surface area contributed by atoms with Crippen LogP contribution in [0.4, 0.5) is 0 Å². The fourth-order valence-corrected chi connectivity index (χ4v) is 1.61. The van der Waals surface area contributed by atoms with Crippen molar-refractivity contribution in [3.05, 3.63) is 34.5 Å². The Labute approximate surface area is 83.4 Å². The van der Waals surface area contributed by atoms with Crippen molar-refractivity contribution in [2.24, 2.45) is 0 Å². The fraction of sp³-hybridized carbons (Fsp3) is 0.111. The van der Waals surface area contributed by atoms with E-state index in [0.29, 0.717) is 6.54 Å². The summed E-state index contributed by atoms with van der Waals surface area (Å²) in [7, 11) is 0. The van der Waals surface area contributed by atoms with Gasteiger partial charge in [0.15, 0.2) is 0 Å². The first kappa shape index (κ1) is 8.74. The van der Waals surface area contributed by atoms with Gasteiger partial charge in [0.25, 0.3) is 0 Å². The van der Waals surface area contributed by atoms with Crippen molar-refractivity contribution in [3.8, 4) is 0 Å². The first-order valence-electron chi connectivity index (χ1n) is 3.84. The fourth-order valence-electron chi connectivity index (χ4n) is 1.23. The Kier molecular flexibility index (Phi) is 2.35. The van der Waals surface area contributed by atoms with Gasteiger partial charge in [-0.3, -0.25) is 0 Å². The molecule has 2 aromatic rings. The van der Waals surface area contributed by atoms with E-state index < -0.39 is 0 Å². The van der Waals surface area contributed by atoms with Gasteiger partial charge >= 0.3 is 0 Å². The molecule has 13 heavy (non-hydrogen) atoms. The predicted octanol–water partition coefficient (Wildman–Crippen LogP) is 2.67. The molecule has 0 saturated heterocycles. The molecular formula is C9H8BrNO2. The van der Waals surface area contributed by atoms with E-state index in [1.807, 2.05) is 24.3 Å². The highest BCUT2D eigenvalue weighted by Gasteiger charge is 2.02. The topological polar surface area (TPSA) is 45.4 Å². The van der Waals surface area contributed by atoms with Gasteiger partial charge in [0.05, 0.1) is 6.54 Å². The molecule has 68 valence electrons. The molecule has 0 aliphatic heterocycles. The SMILES string of the molecule is ONCc1cc2cc(Br)ccc2o1. The number of halogens is 1. The van der Waals surface area contributed by atoms with Crippen LogP contribution in [0.1, 0.15) is 5.76 Å². The van der Waals surface area contributed by atoms with E-state index in [1.54, 1.807) is 0 Å². The Morgan fingerprint density at radius 3 is 3.00 bits per heavy atom. The molecule has 0 unspecified atom stereocenters. The summed E-state index contributed by atoms with van der Waals surface area (Å²) in [5.41, 5.74) is 2.88. The van der Waals surface area contributed by atoms with Crippen molar-refractivity contribution in [1.29, 1.82) is 0 Å². The van der Waals surface area contributed by atoms with Gasteiger partial charge < -0.3 is 9.62 Å². The summed E-state index contributed by atoms with van der Waals surface area (Å²) in [6.45, 7) is 0.326. The third kappa shape index (κ3) is 1.75. The highest BCUT2D eigenvalue weighted by molar-refractivity contribution is 9.10. The van der Waals surface area contributed by atoms with Crippen LogP contribution in [0.2, 0.25) is 0 Å². The second kappa shape index (κ2) is 3.49. The lowest BCUT2D eigenvalue weighted by Crippen LogP contribution is -2.04. The summed E-state index contributed by atoms with van der Waals surface area (Å²) in [6.07, 6.45) is 0. The summed E-state index contributed by atoms with van der Waals surface area (Å²) >= 11 is 3.37. The molecule has 0 amide bonds. The molecule has 2 rings (SSSR count). The molecule has 1 aromatic heterocycles. The molecule has 0 bridgehead atoms. The standard InChI is InChI=1S/C9H8BrNO2/c10-7-1-2-9-6(3-7)4-8(13-9)5-11-12/h1-4,11-12H,5H2. The van der Waals surface area contributed by atoms with Gasteiger partial charge in [-0.1, -0.05) is 15.9 Å². The van der Waals surface area contributed by atoms with Gasteiger partial charge in [-0.25, -0.2) is 0 Å². The van der Waals surface area contributed by atoms with Gasteiger partial charge in [-0.15, -0.1) is 0 Å². The number of hydrogen-bond donors (Lipinski definition) is 2. The van der Waals surface area contributed by atoms with Gasteiger partial charge in [-0.2, -0.15) is 5.48 Å². The van der Waals surface area contributed by atoms with Gasteiger partial charge in [0, 0.05) is 9.86 Å². The smallest absolute Gasteiger partial charge is 0.134 e. The Balaban J connectivity index is 2.49. The number of furan rings is 1. The van der Waals surface area contributed by atoms with Crippen molar-refractivity contribution >= 4 is 26.9 Å². The lowest BCUT2D eigenvalue weighted by atomic mass is 10.2. The summed E-state index contributed by atoms with van der Waals surface area (Å²) in [4.78, 5) is 0. The van der Waals surface area contributed by atoms with Crippen LogP contribution in [0.3, 0.4) is 0 Å². The maximum absolute atomic E-state index is 8.48. The molecule has 1 heterocycles.